The minimum Gasteiger partial charge on any atom is -0.478 e. The highest BCUT2D eigenvalue weighted by atomic mass is 16.4. The monoisotopic (exact) mass is 260 g/mol. The molecular weight excluding hydrogens is 244 g/mol. The van der Waals surface area contributed by atoms with Crippen molar-refractivity contribution in [1.29, 1.82) is 0 Å². The number of fused-ring (bicyclic) bond motifs is 1. The average Bonchev–Trinajstić information content (AvgIpc) is 2.82. The number of hydrogen-bond donors (Lipinski definition) is 1. The number of rotatable bonds is 2. The third-order valence-corrected chi connectivity index (χ3v) is 3.75. The molecule has 0 bridgehead atoms. The molecule has 3 rings (SSSR count). The maximum absolute atomic E-state index is 10.9. The summed E-state index contributed by atoms with van der Waals surface area (Å²) in [7, 11) is 2.09. The zero-order chi connectivity index (χ0) is 13.4. The molecule has 0 amide bonds. The Hall–Kier alpha value is -1.95. The molecule has 3 heterocycles. The zero-order valence-corrected chi connectivity index (χ0v) is 10.8. The number of carboxylic acid groups (broad SMARTS) is 1. The van der Waals surface area contributed by atoms with Crippen LogP contribution in [0.4, 0.5) is 0 Å². The van der Waals surface area contributed by atoms with Gasteiger partial charge in [0.1, 0.15) is 0 Å². The maximum Gasteiger partial charge on any atom is 0.335 e. The van der Waals surface area contributed by atoms with Crippen LogP contribution in [0.25, 0.3) is 5.65 Å². The summed E-state index contributed by atoms with van der Waals surface area (Å²) in [5, 5.41) is 17.3. The highest BCUT2D eigenvalue weighted by Gasteiger charge is 2.25. The molecule has 0 saturated carbocycles. The fourth-order valence-electron chi connectivity index (χ4n) is 2.67. The molecule has 0 aromatic carbocycles. The topological polar surface area (TPSA) is 70.7 Å². The van der Waals surface area contributed by atoms with Crippen LogP contribution in [0.2, 0.25) is 0 Å². The predicted molar refractivity (Wildman–Crippen MR) is 69.2 cm³/mol. The van der Waals surface area contributed by atoms with Gasteiger partial charge in [0.15, 0.2) is 11.5 Å². The van der Waals surface area contributed by atoms with E-state index in [-0.39, 0.29) is 11.6 Å². The number of piperidine rings is 1. The molecule has 1 fully saturated rings. The van der Waals surface area contributed by atoms with Gasteiger partial charge in [-0.1, -0.05) is 6.42 Å². The second-order valence-electron chi connectivity index (χ2n) is 5.00. The van der Waals surface area contributed by atoms with Gasteiger partial charge in [0.05, 0.1) is 11.6 Å². The van der Waals surface area contributed by atoms with E-state index in [1.807, 2.05) is 4.40 Å². The Bertz CT molecular complexity index is 622. The molecule has 1 aliphatic rings. The van der Waals surface area contributed by atoms with Crippen LogP contribution in [-0.4, -0.2) is 44.2 Å². The summed E-state index contributed by atoms with van der Waals surface area (Å²) < 4.78 is 1.89. The summed E-state index contributed by atoms with van der Waals surface area (Å²) in [6.07, 6.45) is 5.22. The van der Waals surface area contributed by atoms with Gasteiger partial charge in [0.2, 0.25) is 0 Å². The number of hydrogen-bond acceptors (Lipinski definition) is 4. The van der Waals surface area contributed by atoms with Gasteiger partial charge in [-0.15, -0.1) is 10.2 Å². The van der Waals surface area contributed by atoms with Crippen molar-refractivity contribution in [3.63, 3.8) is 0 Å². The lowest BCUT2D eigenvalue weighted by molar-refractivity contribution is 0.0697. The number of carbonyl (C=O) groups is 1. The van der Waals surface area contributed by atoms with Crippen molar-refractivity contribution in [2.75, 3.05) is 13.6 Å². The first-order valence-electron chi connectivity index (χ1n) is 6.45. The molecule has 19 heavy (non-hydrogen) atoms. The maximum atomic E-state index is 10.9. The van der Waals surface area contributed by atoms with Gasteiger partial charge in [0, 0.05) is 6.20 Å². The van der Waals surface area contributed by atoms with Crippen molar-refractivity contribution in [2.45, 2.75) is 25.3 Å². The van der Waals surface area contributed by atoms with Crippen LogP contribution in [0.1, 0.15) is 41.5 Å². The van der Waals surface area contributed by atoms with Gasteiger partial charge < -0.3 is 5.11 Å². The number of pyridine rings is 1. The van der Waals surface area contributed by atoms with Gasteiger partial charge in [-0.3, -0.25) is 9.30 Å². The number of nitrogens with zero attached hydrogens (tertiary/aromatic N) is 4. The van der Waals surface area contributed by atoms with E-state index in [4.69, 9.17) is 5.11 Å². The van der Waals surface area contributed by atoms with Crippen molar-refractivity contribution in [2.24, 2.45) is 0 Å². The van der Waals surface area contributed by atoms with E-state index >= 15 is 0 Å². The molecule has 0 radical (unpaired) electrons. The summed E-state index contributed by atoms with van der Waals surface area (Å²) in [5.74, 6) is -0.0454. The largest absolute Gasteiger partial charge is 0.478 e. The lowest BCUT2D eigenvalue weighted by Crippen LogP contribution is -2.30. The molecule has 1 N–H and O–H groups in total. The van der Waals surface area contributed by atoms with E-state index in [9.17, 15) is 4.79 Å². The van der Waals surface area contributed by atoms with Crippen LogP contribution >= 0.6 is 0 Å². The first-order chi connectivity index (χ1) is 9.16. The standard InChI is InChI=1S/C13H16N4O2/c1-16-6-3-2-4-10(16)12-15-14-11-8-9(13(18)19)5-7-17(11)12/h5,7-8,10H,2-4,6H2,1H3,(H,18,19). The van der Waals surface area contributed by atoms with E-state index in [1.165, 1.54) is 12.8 Å². The van der Waals surface area contributed by atoms with Crippen LogP contribution in [0.5, 0.6) is 0 Å². The Morgan fingerprint density at radius 2 is 2.26 bits per heavy atom. The molecule has 1 aliphatic heterocycles. The Balaban J connectivity index is 2.03. The molecule has 0 aliphatic carbocycles. The fraction of sp³-hybridized carbons (Fsp3) is 0.462. The van der Waals surface area contributed by atoms with E-state index in [0.717, 1.165) is 18.8 Å². The molecule has 6 heteroatoms. The van der Waals surface area contributed by atoms with Crippen LogP contribution < -0.4 is 0 Å². The highest BCUT2D eigenvalue weighted by molar-refractivity contribution is 5.88. The van der Waals surface area contributed by atoms with Crippen LogP contribution in [0.15, 0.2) is 18.3 Å². The summed E-state index contributed by atoms with van der Waals surface area (Å²) >= 11 is 0. The van der Waals surface area contributed by atoms with Crippen LogP contribution in [-0.2, 0) is 0 Å². The van der Waals surface area contributed by atoms with Gasteiger partial charge in [-0.25, -0.2) is 4.79 Å². The lowest BCUT2D eigenvalue weighted by Gasteiger charge is -2.30. The van der Waals surface area contributed by atoms with Gasteiger partial charge >= 0.3 is 5.97 Å². The summed E-state index contributed by atoms with van der Waals surface area (Å²) in [5.41, 5.74) is 0.831. The smallest absolute Gasteiger partial charge is 0.335 e. The first-order valence-corrected chi connectivity index (χ1v) is 6.45. The first kappa shape index (κ1) is 12.1. The van der Waals surface area contributed by atoms with E-state index < -0.39 is 5.97 Å². The van der Waals surface area contributed by atoms with Crippen molar-refractivity contribution in [1.82, 2.24) is 19.5 Å². The third kappa shape index (κ3) is 2.08. The van der Waals surface area contributed by atoms with Gasteiger partial charge in [-0.2, -0.15) is 0 Å². The number of aromatic nitrogens is 3. The van der Waals surface area contributed by atoms with Crippen LogP contribution in [0.3, 0.4) is 0 Å². The second kappa shape index (κ2) is 4.62. The third-order valence-electron chi connectivity index (χ3n) is 3.75. The van der Waals surface area contributed by atoms with E-state index in [1.54, 1.807) is 18.3 Å². The Labute approximate surface area is 110 Å². The second-order valence-corrected chi connectivity index (χ2v) is 5.00. The van der Waals surface area contributed by atoms with Crippen molar-refractivity contribution < 1.29 is 9.90 Å². The van der Waals surface area contributed by atoms with E-state index in [0.29, 0.717) is 5.65 Å². The molecule has 1 atom stereocenters. The van der Waals surface area contributed by atoms with Gasteiger partial charge in [-0.05, 0) is 38.6 Å². The molecule has 100 valence electrons. The normalized spacial score (nSPS) is 20.8. The molecule has 1 unspecified atom stereocenters. The number of likely N-dealkylation sites (tertiary alicyclic amines) is 1. The summed E-state index contributed by atoms with van der Waals surface area (Å²) in [6, 6.07) is 3.41. The Kier molecular flexibility index (Phi) is 2.94. The summed E-state index contributed by atoms with van der Waals surface area (Å²) in [4.78, 5) is 13.2. The molecule has 2 aromatic rings. The lowest BCUT2D eigenvalue weighted by atomic mass is 10.0. The molecular formula is C13H16N4O2. The molecule has 1 saturated heterocycles. The molecule has 6 nitrogen and oxygen atoms in total. The van der Waals surface area contributed by atoms with Crippen molar-refractivity contribution >= 4 is 11.6 Å². The number of aromatic carboxylic acids is 1. The minimum absolute atomic E-state index is 0.239. The highest BCUT2D eigenvalue weighted by Crippen LogP contribution is 2.28. The molecule has 0 spiro atoms. The van der Waals surface area contributed by atoms with Gasteiger partial charge in [0.25, 0.3) is 0 Å². The van der Waals surface area contributed by atoms with Crippen molar-refractivity contribution in [3.05, 3.63) is 29.7 Å². The quantitative estimate of drug-likeness (QED) is 0.887. The predicted octanol–water partition coefficient (Wildman–Crippen LogP) is 1.58. The van der Waals surface area contributed by atoms with E-state index in [2.05, 4.69) is 22.1 Å². The Morgan fingerprint density at radius 1 is 1.42 bits per heavy atom. The van der Waals surface area contributed by atoms with Crippen molar-refractivity contribution in [3.8, 4) is 0 Å². The number of carboxylic acids is 1. The Morgan fingerprint density at radius 3 is 3.00 bits per heavy atom. The SMILES string of the molecule is CN1CCCCC1c1nnc2cc(C(=O)O)ccn12. The zero-order valence-electron chi connectivity index (χ0n) is 10.8. The minimum atomic E-state index is -0.943. The fourth-order valence-corrected chi connectivity index (χ4v) is 2.67. The molecule has 2 aromatic heterocycles. The summed E-state index contributed by atoms with van der Waals surface area (Å²) in [6.45, 7) is 1.06. The van der Waals surface area contributed by atoms with Crippen LogP contribution in [0, 0.1) is 0 Å². The average molecular weight is 260 g/mol.